The number of hydrogen-bond acceptors (Lipinski definition) is 3. The molecular formula is C19H20N2O3. The van der Waals surface area contributed by atoms with Crippen LogP contribution in [0.2, 0.25) is 0 Å². The molecule has 1 atom stereocenters. The number of carbonyl (C=O) groups is 2. The van der Waals surface area contributed by atoms with Crippen molar-refractivity contribution in [2.24, 2.45) is 0 Å². The van der Waals surface area contributed by atoms with Gasteiger partial charge in [0.05, 0.1) is 7.11 Å². The van der Waals surface area contributed by atoms with Crippen LogP contribution in [0.3, 0.4) is 0 Å². The standard InChI is InChI=1S/C19H20N2O3/c1-13(20-18(22)15-7-9-16(24-2)10-8-15)19(23)21-12-11-14-5-3-4-6-17(14)21/h3-10,13H,11-12H2,1-2H3,(H,20,22)/t13-/m0/s1. The summed E-state index contributed by atoms with van der Waals surface area (Å²) in [5.74, 6) is 0.317. The molecule has 1 heterocycles. The molecule has 1 aliphatic rings. The Morgan fingerprint density at radius 2 is 1.83 bits per heavy atom. The molecule has 3 rings (SSSR count). The van der Waals surface area contributed by atoms with Gasteiger partial charge in [-0.2, -0.15) is 0 Å². The number of para-hydroxylation sites is 1. The van der Waals surface area contributed by atoms with Crippen molar-refractivity contribution < 1.29 is 14.3 Å². The van der Waals surface area contributed by atoms with Gasteiger partial charge in [0.25, 0.3) is 5.91 Å². The number of methoxy groups -OCH3 is 1. The Morgan fingerprint density at radius 3 is 2.54 bits per heavy atom. The fourth-order valence-corrected chi connectivity index (χ4v) is 2.89. The third-order valence-electron chi connectivity index (χ3n) is 4.22. The molecule has 2 amide bonds. The number of rotatable bonds is 4. The van der Waals surface area contributed by atoms with E-state index in [1.807, 2.05) is 24.3 Å². The van der Waals surface area contributed by atoms with Crippen molar-refractivity contribution in [1.82, 2.24) is 5.32 Å². The zero-order valence-electron chi connectivity index (χ0n) is 13.8. The number of ether oxygens (including phenoxy) is 1. The lowest BCUT2D eigenvalue weighted by Gasteiger charge is -2.22. The van der Waals surface area contributed by atoms with E-state index < -0.39 is 6.04 Å². The minimum atomic E-state index is -0.592. The van der Waals surface area contributed by atoms with Gasteiger partial charge in [-0.25, -0.2) is 0 Å². The first kappa shape index (κ1) is 16.1. The number of hydrogen-bond donors (Lipinski definition) is 1. The zero-order chi connectivity index (χ0) is 17.1. The smallest absolute Gasteiger partial charge is 0.251 e. The average Bonchev–Trinajstić information content (AvgIpc) is 3.05. The van der Waals surface area contributed by atoms with Gasteiger partial charge in [-0.1, -0.05) is 18.2 Å². The highest BCUT2D eigenvalue weighted by atomic mass is 16.5. The van der Waals surface area contributed by atoms with Crippen molar-refractivity contribution in [3.63, 3.8) is 0 Å². The third kappa shape index (κ3) is 3.11. The van der Waals surface area contributed by atoms with Crippen molar-refractivity contribution >= 4 is 17.5 Å². The molecular weight excluding hydrogens is 304 g/mol. The number of nitrogens with zero attached hydrogens (tertiary/aromatic N) is 1. The summed E-state index contributed by atoms with van der Waals surface area (Å²) in [6.07, 6.45) is 0.848. The average molecular weight is 324 g/mol. The molecule has 0 unspecified atom stereocenters. The summed E-state index contributed by atoms with van der Waals surface area (Å²) < 4.78 is 5.08. The lowest BCUT2D eigenvalue weighted by molar-refractivity contribution is -0.119. The molecule has 0 saturated heterocycles. The lowest BCUT2D eigenvalue weighted by Crippen LogP contribution is -2.46. The minimum absolute atomic E-state index is 0.0955. The zero-order valence-corrected chi connectivity index (χ0v) is 13.8. The van der Waals surface area contributed by atoms with E-state index in [4.69, 9.17) is 4.74 Å². The van der Waals surface area contributed by atoms with E-state index in [9.17, 15) is 9.59 Å². The number of fused-ring (bicyclic) bond motifs is 1. The van der Waals surface area contributed by atoms with Crippen molar-refractivity contribution in [3.8, 4) is 5.75 Å². The van der Waals surface area contributed by atoms with Gasteiger partial charge in [-0.3, -0.25) is 9.59 Å². The van der Waals surface area contributed by atoms with E-state index in [1.165, 1.54) is 5.56 Å². The fourth-order valence-electron chi connectivity index (χ4n) is 2.89. The Morgan fingerprint density at radius 1 is 1.12 bits per heavy atom. The molecule has 1 N–H and O–H groups in total. The van der Waals surface area contributed by atoms with Crippen LogP contribution in [0, 0.1) is 0 Å². The van der Waals surface area contributed by atoms with E-state index in [1.54, 1.807) is 43.2 Å². The maximum absolute atomic E-state index is 12.7. The summed E-state index contributed by atoms with van der Waals surface area (Å²) in [7, 11) is 1.57. The Kier molecular flexibility index (Phi) is 4.51. The van der Waals surface area contributed by atoms with Crippen LogP contribution in [0.5, 0.6) is 5.75 Å². The van der Waals surface area contributed by atoms with Gasteiger partial charge in [0.2, 0.25) is 5.91 Å². The Hall–Kier alpha value is -2.82. The van der Waals surface area contributed by atoms with Crippen molar-refractivity contribution in [2.45, 2.75) is 19.4 Å². The van der Waals surface area contributed by atoms with Crippen LogP contribution < -0.4 is 15.0 Å². The van der Waals surface area contributed by atoms with Gasteiger partial charge in [-0.15, -0.1) is 0 Å². The lowest BCUT2D eigenvalue weighted by atomic mass is 10.1. The van der Waals surface area contributed by atoms with Crippen molar-refractivity contribution in [1.29, 1.82) is 0 Å². The first-order chi connectivity index (χ1) is 11.6. The number of carbonyl (C=O) groups excluding carboxylic acids is 2. The normalized spacial score (nSPS) is 14.0. The van der Waals surface area contributed by atoms with Gasteiger partial charge in [0, 0.05) is 17.8 Å². The first-order valence-corrected chi connectivity index (χ1v) is 7.94. The van der Waals surface area contributed by atoms with E-state index in [-0.39, 0.29) is 11.8 Å². The van der Waals surface area contributed by atoms with Gasteiger partial charge in [0.1, 0.15) is 11.8 Å². The Balaban J connectivity index is 1.67. The van der Waals surface area contributed by atoms with Gasteiger partial charge in [0.15, 0.2) is 0 Å². The molecule has 1 aliphatic heterocycles. The summed E-state index contributed by atoms with van der Waals surface area (Å²) in [5, 5.41) is 2.77. The van der Waals surface area contributed by atoms with Crippen LogP contribution >= 0.6 is 0 Å². The van der Waals surface area contributed by atoms with Crippen molar-refractivity contribution in [2.75, 3.05) is 18.6 Å². The second-order valence-corrected chi connectivity index (χ2v) is 5.79. The summed E-state index contributed by atoms with van der Waals surface area (Å²) in [6, 6.07) is 14.1. The molecule has 124 valence electrons. The largest absolute Gasteiger partial charge is 0.497 e. The molecule has 0 aliphatic carbocycles. The second kappa shape index (κ2) is 6.74. The van der Waals surface area contributed by atoms with Crippen LogP contribution in [-0.2, 0) is 11.2 Å². The number of benzene rings is 2. The highest BCUT2D eigenvalue weighted by Crippen LogP contribution is 2.27. The molecule has 0 radical (unpaired) electrons. The molecule has 2 aromatic carbocycles. The van der Waals surface area contributed by atoms with Crippen LogP contribution in [0.1, 0.15) is 22.8 Å². The predicted octanol–water partition coefficient (Wildman–Crippen LogP) is 2.40. The molecule has 5 nitrogen and oxygen atoms in total. The molecule has 0 aromatic heterocycles. The summed E-state index contributed by atoms with van der Waals surface area (Å²) in [5.41, 5.74) is 2.60. The SMILES string of the molecule is COc1ccc(C(=O)N[C@@H](C)C(=O)N2CCc3ccccc32)cc1. The summed E-state index contributed by atoms with van der Waals surface area (Å²) in [4.78, 5) is 26.7. The van der Waals surface area contributed by atoms with E-state index in [0.29, 0.717) is 17.9 Å². The number of nitrogens with one attached hydrogen (secondary N) is 1. The number of anilines is 1. The quantitative estimate of drug-likeness (QED) is 0.939. The molecule has 5 heteroatoms. The predicted molar refractivity (Wildman–Crippen MR) is 92.4 cm³/mol. The topological polar surface area (TPSA) is 58.6 Å². The maximum atomic E-state index is 12.7. The Labute approximate surface area is 141 Å². The van der Waals surface area contributed by atoms with Gasteiger partial charge < -0.3 is 15.0 Å². The van der Waals surface area contributed by atoms with E-state index >= 15 is 0 Å². The van der Waals surface area contributed by atoms with Crippen LogP contribution in [0.4, 0.5) is 5.69 Å². The first-order valence-electron chi connectivity index (χ1n) is 7.94. The molecule has 24 heavy (non-hydrogen) atoms. The summed E-state index contributed by atoms with van der Waals surface area (Å²) in [6.45, 7) is 2.37. The molecule has 0 fully saturated rings. The van der Waals surface area contributed by atoms with Gasteiger partial charge in [-0.05, 0) is 49.2 Å². The fraction of sp³-hybridized carbons (Fsp3) is 0.263. The second-order valence-electron chi connectivity index (χ2n) is 5.79. The number of amides is 2. The van der Waals surface area contributed by atoms with E-state index in [0.717, 1.165) is 12.1 Å². The monoisotopic (exact) mass is 324 g/mol. The highest BCUT2D eigenvalue weighted by molar-refractivity contribution is 6.03. The highest BCUT2D eigenvalue weighted by Gasteiger charge is 2.28. The van der Waals surface area contributed by atoms with Gasteiger partial charge >= 0.3 is 0 Å². The van der Waals surface area contributed by atoms with Crippen LogP contribution in [-0.4, -0.2) is 31.5 Å². The Bertz CT molecular complexity index is 755. The van der Waals surface area contributed by atoms with Crippen LogP contribution in [0.15, 0.2) is 48.5 Å². The third-order valence-corrected chi connectivity index (χ3v) is 4.22. The molecule has 0 spiro atoms. The summed E-state index contributed by atoms with van der Waals surface area (Å²) >= 11 is 0. The molecule has 0 saturated carbocycles. The van der Waals surface area contributed by atoms with E-state index in [2.05, 4.69) is 5.32 Å². The molecule has 2 aromatic rings. The van der Waals surface area contributed by atoms with Crippen LogP contribution in [0.25, 0.3) is 0 Å². The molecule has 0 bridgehead atoms. The van der Waals surface area contributed by atoms with Crippen molar-refractivity contribution in [3.05, 3.63) is 59.7 Å². The minimum Gasteiger partial charge on any atom is -0.497 e. The maximum Gasteiger partial charge on any atom is 0.251 e.